The number of amides is 1. The van der Waals surface area contributed by atoms with Crippen LogP contribution in [0, 0.1) is 6.92 Å². The minimum Gasteiger partial charge on any atom is -0.346 e. The molecule has 0 unspecified atom stereocenters. The maximum absolute atomic E-state index is 13.2. The Labute approximate surface area is 179 Å². The molecule has 2 aromatic heterocycles. The second-order valence-electron chi connectivity index (χ2n) is 7.38. The van der Waals surface area contributed by atoms with Crippen molar-refractivity contribution in [2.45, 2.75) is 13.5 Å². The van der Waals surface area contributed by atoms with Gasteiger partial charge < -0.3 is 5.32 Å². The van der Waals surface area contributed by atoms with Gasteiger partial charge in [0, 0.05) is 17.1 Å². The molecule has 0 spiro atoms. The first kappa shape index (κ1) is 18.9. The number of rotatable bonds is 4. The van der Waals surface area contributed by atoms with Gasteiger partial charge in [-0.05, 0) is 35.9 Å². The van der Waals surface area contributed by atoms with E-state index >= 15 is 0 Å². The zero-order chi connectivity index (χ0) is 21.2. The number of para-hydroxylation sites is 1. The lowest BCUT2D eigenvalue weighted by atomic mass is 9.99. The molecule has 5 heteroatoms. The Bertz CT molecular complexity index is 1420. The second-order valence-corrected chi connectivity index (χ2v) is 7.38. The van der Waals surface area contributed by atoms with Crippen LogP contribution in [0.1, 0.15) is 21.9 Å². The number of hydrogen-bond acceptors (Lipinski definition) is 4. The molecule has 3 aromatic carbocycles. The first-order chi connectivity index (χ1) is 15.2. The molecular formula is C26H20N4O. The number of pyridine rings is 1. The third-order valence-electron chi connectivity index (χ3n) is 5.29. The molecule has 0 saturated heterocycles. The van der Waals surface area contributed by atoms with Gasteiger partial charge in [-0.15, -0.1) is 0 Å². The number of aryl methyl sites for hydroxylation is 1. The normalized spacial score (nSPS) is 11.0. The molecule has 5 rings (SSSR count). The highest BCUT2D eigenvalue weighted by molar-refractivity contribution is 6.08. The van der Waals surface area contributed by atoms with Crippen molar-refractivity contribution in [2.75, 3.05) is 0 Å². The highest BCUT2D eigenvalue weighted by Gasteiger charge is 2.15. The number of nitrogens with zero attached hydrogens (tertiary/aromatic N) is 3. The van der Waals surface area contributed by atoms with E-state index in [-0.39, 0.29) is 5.91 Å². The summed E-state index contributed by atoms with van der Waals surface area (Å²) in [4.78, 5) is 26.5. The third kappa shape index (κ3) is 3.73. The van der Waals surface area contributed by atoms with E-state index in [0.29, 0.717) is 17.9 Å². The molecule has 1 N–H and O–H groups in total. The summed E-state index contributed by atoms with van der Waals surface area (Å²) < 4.78 is 0. The fraction of sp³-hybridized carbons (Fsp3) is 0.0769. The molecule has 5 aromatic rings. The van der Waals surface area contributed by atoms with Gasteiger partial charge in [-0.25, -0.2) is 15.0 Å². The van der Waals surface area contributed by atoms with E-state index in [9.17, 15) is 4.79 Å². The zero-order valence-corrected chi connectivity index (χ0v) is 17.0. The first-order valence-electron chi connectivity index (χ1n) is 10.1. The van der Waals surface area contributed by atoms with Gasteiger partial charge in [0.15, 0.2) is 0 Å². The maximum Gasteiger partial charge on any atom is 0.252 e. The number of benzene rings is 3. The molecule has 0 aliphatic heterocycles. The predicted octanol–water partition coefficient (Wildman–Crippen LogP) is 5.08. The van der Waals surface area contributed by atoms with Crippen LogP contribution in [0.5, 0.6) is 0 Å². The van der Waals surface area contributed by atoms with Crippen LogP contribution in [0.25, 0.3) is 32.9 Å². The summed E-state index contributed by atoms with van der Waals surface area (Å²) >= 11 is 0. The molecule has 0 aliphatic rings. The SMILES string of the molecule is Cc1nccc(CNC(=O)c2cc(-c3cccc4ccccc34)nc3ccccc23)n1. The molecule has 0 saturated carbocycles. The molecule has 2 heterocycles. The van der Waals surface area contributed by atoms with Crippen LogP contribution in [0.4, 0.5) is 0 Å². The lowest BCUT2D eigenvalue weighted by Gasteiger charge is -2.12. The Hall–Kier alpha value is -4.12. The number of fused-ring (bicyclic) bond motifs is 2. The van der Waals surface area contributed by atoms with Crippen molar-refractivity contribution in [3.8, 4) is 11.3 Å². The van der Waals surface area contributed by atoms with Gasteiger partial charge in [-0.2, -0.15) is 0 Å². The molecule has 1 amide bonds. The number of hydrogen-bond donors (Lipinski definition) is 1. The van der Waals surface area contributed by atoms with E-state index in [2.05, 4.69) is 33.5 Å². The summed E-state index contributed by atoms with van der Waals surface area (Å²) in [5.41, 5.74) is 3.94. The van der Waals surface area contributed by atoms with Crippen molar-refractivity contribution >= 4 is 27.6 Å². The number of carbonyl (C=O) groups excluding carboxylic acids is 1. The quantitative estimate of drug-likeness (QED) is 0.453. The Morgan fingerprint density at radius 3 is 2.52 bits per heavy atom. The topological polar surface area (TPSA) is 67.8 Å². The molecule has 5 nitrogen and oxygen atoms in total. The standard InChI is InChI=1S/C26H20N4O/c1-17-27-14-13-19(29-17)16-28-26(31)23-15-25(30-24-12-5-4-10-22(23)24)21-11-6-8-18-7-2-3-9-20(18)21/h2-15H,16H2,1H3,(H,28,31). The largest absolute Gasteiger partial charge is 0.346 e. The molecule has 31 heavy (non-hydrogen) atoms. The van der Waals surface area contributed by atoms with Crippen molar-refractivity contribution in [1.29, 1.82) is 0 Å². The van der Waals surface area contributed by atoms with E-state index in [4.69, 9.17) is 4.98 Å². The predicted molar refractivity (Wildman–Crippen MR) is 123 cm³/mol. The summed E-state index contributed by atoms with van der Waals surface area (Å²) in [6.45, 7) is 2.17. The second kappa shape index (κ2) is 7.95. The Kier molecular flexibility index (Phi) is 4.84. The Morgan fingerprint density at radius 1 is 0.871 bits per heavy atom. The van der Waals surface area contributed by atoms with Gasteiger partial charge >= 0.3 is 0 Å². The molecular weight excluding hydrogens is 384 g/mol. The van der Waals surface area contributed by atoms with Crippen molar-refractivity contribution in [1.82, 2.24) is 20.3 Å². The van der Waals surface area contributed by atoms with Gasteiger partial charge in [0.2, 0.25) is 0 Å². The lowest BCUT2D eigenvalue weighted by molar-refractivity contribution is 0.0952. The molecule has 0 atom stereocenters. The van der Waals surface area contributed by atoms with Crippen LogP contribution in [0.2, 0.25) is 0 Å². The molecule has 150 valence electrons. The highest BCUT2D eigenvalue weighted by Crippen LogP contribution is 2.30. The van der Waals surface area contributed by atoms with Gasteiger partial charge in [-0.3, -0.25) is 4.79 Å². The fourth-order valence-electron chi connectivity index (χ4n) is 3.82. The van der Waals surface area contributed by atoms with Crippen LogP contribution in [0.3, 0.4) is 0 Å². The van der Waals surface area contributed by atoms with Crippen LogP contribution < -0.4 is 5.32 Å². The minimum absolute atomic E-state index is 0.156. The summed E-state index contributed by atoms with van der Waals surface area (Å²) in [5, 5.41) is 6.06. The summed E-state index contributed by atoms with van der Waals surface area (Å²) in [7, 11) is 0. The smallest absolute Gasteiger partial charge is 0.252 e. The van der Waals surface area contributed by atoms with Crippen molar-refractivity contribution in [3.05, 3.63) is 102 Å². The zero-order valence-electron chi connectivity index (χ0n) is 17.0. The number of carbonyl (C=O) groups is 1. The van der Waals surface area contributed by atoms with E-state index < -0.39 is 0 Å². The van der Waals surface area contributed by atoms with Crippen LogP contribution in [-0.4, -0.2) is 20.9 Å². The summed E-state index contributed by atoms with van der Waals surface area (Å²) in [6, 6.07) is 25.8. The van der Waals surface area contributed by atoms with E-state index in [0.717, 1.165) is 38.6 Å². The van der Waals surface area contributed by atoms with E-state index in [1.165, 1.54) is 0 Å². The Morgan fingerprint density at radius 2 is 1.65 bits per heavy atom. The monoisotopic (exact) mass is 404 g/mol. The van der Waals surface area contributed by atoms with Crippen LogP contribution in [-0.2, 0) is 6.54 Å². The fourth-order valence-corrected chi connectivity index (χ4v) is 3.82. The molecule has 0 bridgehead atoms. The van der Waals surface area contributed by atoms with Crippen LogP contribution in [0.15, 0.2) is 85.1 Å². The lowest BCUT2D eigenvalue weighted by Crippen LogP contribution is -2.24. The average Bonchev–Trinajstić information content (AvgIpc) is 2.81. The maximum atomic E-state index is 13.2. The van der Waals surface area contributed by atoms with Gasteiger partial charge in [-0.1, -0.05) is 60.7 Å². The van der Waals surface area contributed by atoms with Gasteiger partial charge in [0.25, 0.3) is 5.91 Å². The molecule has 0 aliphatic carbocycles. The summed E-state index contributed by atoms with van der Waals surface area (Å²) in [6.07, 6.45) is 1.70. The van der Waals surface area contributed by atoms with Crippen molar-refractivity contribution in [3.63, 3.8) is 0 Å². The number of aromatic nitrogens is 3. The Balaban J connectivity index is 1.58. The number of nitrogens with one attached hydrogen (secondary N) is 1. The highest BCUT2D eigenvalue weighted by atomic mass is 16.1. The molecule has 0 radical (unpaired) electrons. The van der Waals surface area contributed by atoms with Gasteiger partial charge in [0.05, 0.1) is 29.0 Å². The van der Waals surface area contributed by atoms with Crippen molar-refractivity contribution in [2.24, 2.45) is 0 Å². The first-order valence-corrected chi connectivity index (χ1v) is 10.1. The van der Waals surface area contributed by atoms with E-state index in [1.807, 2.05) is 61.5 Å². The third-order valence-corrected chi connectivity index (χ3v) is 5.29. The average molecular weight is 404 g/mol. The molecule has 0 fully saturated rings. The van der Waals surface area contributed by atoms with Crippen molar-refractivity contribution < 1.29 is 4.79 Å². The summed E-state index contributed by atoms with van der Waals surface area (Å²) in [5.74, 6) is 0.524. The minimum atomic E-state index is -0.156. The van der Waals surface area contributed by atoms with Crippen LogP contribution >= 0.6 is 0 Å². The van der Waals surface area contributed by atoms with Gasteiger partial charge in [0.1, 0.15) is 5.82 Å². The van der Waals surface area contributed by atoms with E-state index in [1.54, 1.807) is 12.3 Å².